The molecule has 4 heterocycles. The lowest BCUT2D eigenvalue weighted by molar-refractivity contribution is 0.0691. The number of anilines is 2. The van der Waals surface area contributed by atoms with E-state index >= 15 is 0 Å². The quantitative estimate of drug-likeness (QED) is 0.0856. The number of carboxylic acids is 1. The number of aromatic carboxylic acids is 1. The van der Waals surface area contributed by atoms with Crippen molar-refractivity contribution in [3.63, 3.8) is 0 Å². The molecule has 17 heteroatoms. The van der Waals surface area contributed by atoms with E-state index in [1.54, 1.807) is 72.8 Å². The maximum atomic E-state index is 13.9. The van der Waals surface area contributed by atoms with Gasteiger partial charge in [-0.15, -0.1) is 0 Å². The van der Waals surface area contributed by atoms with E-state index in [0.29, 0.717) is 56.2 Å². The number of hydrogen-bond donors (Lipinski definition) is 5. The maximum Gasteiger partial charge on any atom is 0.358 e. The van der Waals surface area contributed by atoms with E-state index < -0.39 is 17.7 Å². The third kappa shape index (κ3) is 12.2. The second-order valence-corrected chi connectivity index (χ2v) is 15.0. The van der Waals surface area contributed by atoms with Gasteiger partial charge in [0, 0.05) is 69.2 Å². The van der Waals surface area contributed by atoms with Crippen LogP contribution in [0.15, 0.2) is 121 Å². The lowest BCUT2D eigenvalue weighted by Gasteiger charge is -2.14. The van der Waals surface area contributed by atoms with Crippen LogP contribution in [0.1, 0.15) is 54.9 Å². The van der Waals surface area contributed by atoms with Crippen molar-refractivity contribution in [2.24, 2.45) is 5.73 Å². The van der Waals surface area contributed by atoms with Crippen LogP contribution in [0.25, 0.3) is 45.0 Å². The molecule has 4 aromatic carbocycles. The number of carbonyl (C=O) groups is 2. The van der Waals surface area contributed by atoms with Crippen molar-refractivity contribution in [2.45, 2.75) is 40.8 Å². The van der Waals surface area contributed by atoms with Crippen molar-refractivity contribution >= 4 is 23.5 Å². The molecular weight excluding hydrogens is 865 g/mol. The van der Waals surface area contributed by atoms with E-state index in [2.05, 4.69) is 35.2 Å². The van der Waals surface area contributed by atoms with Crippen molar-refractivity contribution in [3.05, 3.63) is 190 Å². The summed E-state index contributed by atoms with van der Waals surface area (Å²) in [6.07, 6.45) is 0. The molecule has 8 aromatic rings. The molecule has 4 aromatic heterocycles. The predicted molar refractivity (Wildman–Crippen MR) is 248 cm³/mol. The van der Waals surface area contributed by atoms with Gasteiger partial charge in [-0.1, -0.05) is 36.4 Å². The number of nitrogen functional groups attached to an aromatic ring is 2. The Hall–Kier alpha value is -8.44. The van der Waals surface area contributed by atoms with E-state index in [-0.39, 0.29) is 53.6 Å². The number of amides is 1. The van der Waals surface area contributed by atoms with Crippen molar-refractivity contribution in [2.75, 3.05) is 11.5 Å². The summed E-state index contributed by atoms with van der Waals surface area (Å²) < 4.78 is 53.1. The van der Waals surface area contributed by atoms with E-state index in [0.717, 1.165) is 22.8 Å². The first-order chi connectivity index (χ1) is 32.0. The van der Waals surface area contributed by atoms with Crippen LogP contribution in [0, 0.1) is 51.0 Å². The summed E-state index contributed by atoms with van der Waals surface area (Å²) in [5, 5.41) is 11.9. The molecule has 67 heavy (non-hydrogen) atoms. The summed E-state index contributed by atoms with van der Waals surface area (Å²) in [5.41, 5.74) is 24.7. The monoisotopic (exact) mass is 908 g/mol. The second kappa shape index (κ2) is 21.5. The van der Waals surface area contributed by atoms with E-state index in [9.17, 15) is 32.3 Å². The fourth-order valence-electron chi connectivity index (χ4n) is 6.75. The second-order valence-electron chi connectivity index (χ2n) is 15.0. The number of halogens is 4. The van der Waals surface area contributed by atoms with Crippen LogP contribution in [0.5, 0.6) is 0 Å². The van der Waals surface area contributed by atoms with E-state index in [1.807, 2.05) is 39.8 Å². The number of carboxylic acid groups (broad SMARTS) is 1. The van der Waals surface area contributed by atoms with Gasteiger partial charge in [0.25, 0.3) is 5.91 Å². The van der Waals surface area contributed by atoms with Gasteiger partial charge >= 0.3 is 5.97 Å². The van der Waals surface area contributed by atoms with Crippen molar-refractivity contribution in [3.8, 4) is 45.0 Å². The van der Waals surface area contributed by atoms with Crippen LogP contribution in [0.3, 0.4) is 0 Å². The molecule has 0 spiro atoms. The number of aryl methyl sites for hydroxylation is 4. The predicted octanol–water partition coefficient (Wildman–Crippen LogP) is 9.14. The first kappa shape index (κ1) is 48.0. The number of benzene rings is 4. The highest BCUT2D eigenvalue weighted by molar-refractivity contribution is 5.98. The molecule has 8 N–H and O–H groups in total. The molecule has 8 rings (SSSR count). The van der Waals surface area contributed by atoms with Gasteiger partial charge in [-0.25, -0.2) is 42.3 Å². The highest BCUT2D eigenvalue weighted by atomic mass is 19.1. The summed E-state index contributed by atoms with van der Waals surface area (Å²) in [6.45, 7) is 7.59. The molecule has 13 nitrogen and oxygen atoms in total. The summed E-state index contributed by atoms with van der Waals surface area (Å²) in [4.78, 5) is 50.4. The number of nitrogens with two attached hydrogens (primary N) is 3. The first-order valence-electron chi connectivity index (χ1n) is 20.5. The zero-order chi connectivity index (χ0) is 48.4. The van der Waals surface area contributed by atoms with Crippen LogP contribution < -0.4 is 22.5 Å². The Labute approximate surface area is 382 Å². The zero-order valence-electron chi connectivity index (χ0n) is 36.7. The van der Waals surface area contributed by atoms with Gasteiger partial charge in [0.1, 0.15) is 23.3 Å². The summed E-state index contributed by atoms with van der Waals surface area (Å²) in [7, 11) is 0. The Bertz CT molecular complexity index is 3040. The number of rotatable bonds is 9. The third-order valence-corrected chi connectivity index (χ3v) is 9.78. The summed E-state index contributed by atoms with van der Waals surface area (Å²) in [6, 6.07) is 31.3. The average molecular weight is 909 g/mol. The third-order valence-electron chi connectivity index (χ3n) is 9.78. The van der Waals surface area contributed by atoms with Crippen LogP contribution in [-0.2, 0) is 13.1 Å². The highest BCUT2D eigenvalue weighted by Crippen LogP contribution is 2.33. The maximum absolute atomic E-state index is 13.9. The van der Waals surface area contributed by atoms with Crippen LogP contribution in [0.2, 0.25) is 0 Å². The fraction of sp³-hybridized carbons (Fsp3) is 0.120. The van der Waals surface area contributed by atoms with Crippen LogP contribution >= 0.6 is 0 Å². The molecule has 0 aliphatic carbocycles. The van der Waals surface area contributed by atoms with E-state index in [1.165, 1.54) is 36.4 Å². The molecule has 1 amide bonds. The SMILES string of the molecule is Cc1cc(-c2nc(C(=O)NCc3ccccc3F)c(N)nc2-c2ccc(F)cc2)cc(C)n1.Cc1cc(-c2nc(C(=O)O)c(N)nc2-c2ccc(F)cc2)cc(C)n1.NCc1ccccc1F. The molecular formula is C50H44F4N10O3. The smallest absolute Gasteiger partial charge is 0.358 e. The van der Waals surface area contributed by atoms with Crippen molar-refractivity contribution < 1.29 is 32.3 Å². The van der Waals surface area contributed by atoms with Gasteiger partial charge in [0.05, 0.1) is 22.8 Å². The van der Waals surface area contributed by atoms with Gasteiger partial charge in [0.2, 0.25) is 0 Å². The lowest BCUT2D eigenvalue weighted by Crippen LogP contribution is -2.26. The Morgan fingerprint density at radius 2 is 0.881 bits per heavy atom. The molecule has 340 valence electrons. The van der Waals surface area contributed by atoms with Crippen LogP contribution in [-0.4, -0.2) is 46.9 Å². The number of carbonyl (C=O) groups excluding carboxylic acids is 1. The van der Waals surface area contributed by atoms with Gasteiger partial charge in [-0.2, -0.15) is 0 Å². The molecule has 0 aliphatic heterocycles. The lowest BCUT2D eigenvalue weighted by atomic mass is 10.0. The van der Waals surface area contributed by atoms with Crippen LogP contribution in [0.4, 0.5) is 29.2 Å². The summed E-state index contributed by atoms with van der Waals surface area (Å²) in [5.74, 6) is -3.56. The Morgan fingerprint density at radius 3 is 1.27 bits per heavy atom. The molecule has 0 saturated heterocycles. The van der Waals surface area contributed by atoms with Gasteiger partial charge < -0.3 is 27.6 Å². The average Bonchev–Trinajstić information content (AvgIpc) is 3.29. The standard InChI is InChI=1S/C25H21F2N5O.C18H15FN4O2.C7H8FN/c1-14-11-18(12-15(2)30-14)22-21(16-7-9-19(26)10-8-16)32-24(28)23(31-22)25(33)29-13-17-5-3-4-6-20(17)27;1-9-7-12(8-10(2)21-9)15-14(11-3-5-13(19)6-4-11)23-17(20)16(22-15)18(24)25;8-7-4-2-1-3-6(7)5-9/h3-12H,13H2,1-2H3,(H2,28,32)(H,29,33);3-8H,1-2H3,(H2,20,23)(H,24,25);1-4H,5,9H2. The van der Waals surface area contributed by atoms with Gasteiger partial charge in [-0.05, 0) is 113 Å². The molecule has 0 unspecified atom stereocenters. The number of nitrogens with zero attached hydrogens (tertiary/aromatic N) is 6. The number of pyridine rings is 2. The Morgan fingerprint density at radius 1 is 0.507 bits per heavy atom. The van der Waals surface area contributed by atoms with Crippen molar-refractivity contribution in [1.82, 2.24) is 35.2 Å². The zero-order valence-corrected chi connectivity index (χ0v) is 36.7. The Balaban J connectivity index is 0.000000191. The minimum Gasteiger partial charge on any atom is -0.476 e. The minimum absolute atomic E-state index is 0.0326. The Kier molecular flexibility index (Phi) is 15.4. The fourth-order valence-corrected chi connectivity index (χ4v) is 6.75. The number of nitrogens with one attached hydrogen (secondary N) is 1. The largest absolute Gasteiger partial charge is 0.476 e. The first-order valence-corrected chi connectivity index (χ1v) is 20.5. The topological polar surface area (TPSA) is 222 Å². The molecule has 0 radical (unpaired) electrons. The summed E-state index contributed by atoms with van der Waals surface area (Å²) >= 11 is 0. The number of hydrogen-bond acceptors (Lipinski definition) is 11. The van der Waals surface area contributed by atoms with Gasteiger partial charge in [-0.3, -0.25) is 14.8 Å². The molecule has 0 saturated carbocycles. The normalized spacial score (nSPS) is 10.6. The highest BCUT2D eigenvalue weighted by Gasteiger charge is 2.22. The van der Waals surface area contributed by atoms with E-state index in [4.69, 9.17) is 17.2 Å². The van der Waals surface area contributed by atoms with Gasteiger partial charge in [0.15, 0.2) is 23.0 Å². The number of aromatic nitrogens is 6. The minimum atomic E-state index is -1.26. The van der Waals surface area contributed by atoms with Crippen molar-refractivity contribution in [1.29, 1.82) is 0 Å². The molecule has 0 atom stereocenters. The molecule has 0 bridgehead atoms. The molecule has 0 fully saturated rings. The molecule has 0 aliphatic rings.